The molecular weight excluding hydrogens is 252 g/mol. The number of nitrogens with one attached hydrogen (secondary N) is 1. The molecule has 9 heteroatoms. The SMILES string of the molecule is N=C1C(=O)C(N)=C(N)C(C2=C(N)C(N)OC2=O)=C1N. The summed E-state index contributed by atoms with van der Waals surface area (Å²) in [4.78, 5) is 23.2. The minimum Gasteiger partial charge on any atom is -0.437 e. The summed E-state index contributed by atoms with van der Waals surface area (Å²) >= 11 is 0. The van der Waals surface area contributed by atoms with Gasteiger partial charge in [-0.05, 0) is 0 Å². The van der Waals surface area contributed by atoms with E-state index in [1.54, 1.807) is 0 Å². The molecule has 1 unspecified atom stereocenters. The lowest BCUT2D eigenvalue weighted by atomic mass is 9.89. The van der Waals surface area contributed by atoms with Gasteiger partial charge in [-0.3, -0.25) is 15.9 Å². The minimum atomic E-state index is -1.12. The van der Waals surface area contributed by atoms with Crippen molar-refractivity contribution in [3.63, 3.8) is 0 Å². The average Bonchev–Trinajstić information content (AvgIpc) is 2.61. The number of ether oxygens (including phenoxy) is 1. The lowest BCUT2D eigenvalue weighted by Gasteiger charge is -2.19. The molecular formula is C10H12N6O3. The van der Waals surface area contributed by atoms with Gasteiger partial charge in [-0.2, -0.15) is 0 Å². The Morgan fingerprint density at radius 2 is 1.53 bits per heavy atom. The maximum absolute atomic E-state index is 11.7. The number of carbonyl (C=O) groups excluding carboxylic acids is 2. The maximum Gasteiger partial charge on any atom is 0.342 e. The smallest absolute Gasteiger partial charge is 0.342 e. The molecule has 0 saturated heterocycles. The van der Waals surface area contributed by atoms with E-state index in [9.17, 15) is 9.59 Å². The first-order valence-electron chi connectivity index (χ1n) is 5.12. The number of allylic oxidation sites excluding steroid dienone is 3. The molecule has 1 atom stereocenters. The Kier molecular flexibility index (Phi) is 2.56. The number of hydrogen-bond donors (Lipinski definition) is 6. The van der Waals surface area contributed by atoms with Gasteiger partial charge in [0, 0.05) is 5.57 Å². The number of hydrogen-bond acceptors (Lipinski definition) is 9. The van der Waals surface area contributed by atoms with E-state index in [1.807, 2.05) is 0 Å². The molecule has 0 bridgehead atoms. The standard InChI is InChI=1S/C10H12N6O3/c11-3-1(2-5(13)9(16)19-10(2)18)4(12)7(15)8(17)6(3)14/h9,14H,11-13,15-16H2. The lowest BCUT2D eigenvalue weighted by molar-refractivity contribution is -0.139. The molecule has 11 N–H and O–H groups in total. The number of ketones is 1. The minimum absolute atomic E-state index is 0.0825. The largest absolute Gasteiger partial charge is 0.437 e. The Labute approximate surface area is 107 Å². The van der Waals surface area contributed by atoms with E-state index in [2.05, 4.69) is 0 Å². The third-order valence-electron chi connectivity index (χ3n) is 2.85. The summed E-state index contributed by atoms with van der Waals surface area (Å²) in [5, 5.41) is 7.55. The Morgan fingerprint density at radius 1 is 0.947 bits per heavy atom. The van der Waals surface area contributed by atoms with E-state index in [0.717, 1.165) is 0 Å². The first-order valence-corrected chi connectivity index (χ1v) is 5.12. The molecule has 1 aliphatic heterocycles. The number of rotatable bonds is 1. The van der Waals surface area contributed by atoms with Crippen molar-refractivity contribution in [3.05, 3.63) is 33.9 Å². The molecule has 9 nitrogen and oxygen atoms in total. The van der Waals surface area contributed by atoms with E-state index < -0.39 is 23.7 Å². The quantitative estimate of drug-likeness (QED) is 0.212. The third-order valence-corrected chi connectivity index (χ3v) is 2.85. The van der Waals surface area contributed by atoms with Gasteiger partial charge in [0.2, 0.25) is 5.78 Å². The molecule has 1 aliphatic carbocycles. The third kappa shape index (κ3) is 1.56. The van der Waals surface area contributed by atoms with Crippen molar-refractivity contribution < 1.29 is 14.3 Å². The highest BCUT2D eigenvalue weighted by Crippen LogP contribution is 2.30. The molecule has 0 aromatic rings. The van der Waals surface area contributed by atoms with Gasteiger partial charge in [0.15, 0.2) is 6.23 Å². The Balaban J connectivity index is 2.72. The zero-order valence-electron chi connectivity index (χ0n) is 9.69. The van der Waals surface area contributed by atoms with Crippen LogP contribution < -0.4 is 28.7 Å². The van der Waals surface area contributed by atoms with Crippen LogP contribution in [0.3, 0.4) is 0 Å². The summed E-state index contributed by atoms with van der Waals surface area (Å²) in [7, 11) is 0. The molecule has 19 heavy (non-hydrogen) atoms. The van der Waals surface area contributed by atoms with Gasteiger partial charge in [0.25, 0.3) is 0 Å². The zero-order valence-corrected chi connectivity index (χ0v) is 9.69. The van der Waals surface area contributed by atoms with Gasteiger partial charge < -0.3 is 27.7 Å². The van der Waals surface area contributed by atoms with Crippen molar-refractivity contribution in [2.45, 2.75) is 6.23 Å². The lowest BCUT2D eigenvalue weighted by Crippen LogP contribution is -2.36. The first-order chi connectivity index (χ1) is 8.77. The van der Waals surface area contributed by atoms with Gasteiger partial charge >= 0.3 is 5.97 Å². The van der Waals surface area contributed by atoms with Crippen LogP contribution in [0.4, 0.5) is 0 Å². The van der Waals surface area contributed by atoms with E-state index >= 15 is 0 Å². The van der Waals surface area contributed by atoms with Crippen molar-refractivity contribution in [2.24, 2.45) is 28.7 Å². The summed E-state index contributed by atoms with van der Waals surface area (Å²) in [6.45, 7) is 0. The summed E-state index contributed by atoms with van der Waals surface area (Å²) in [5.74, 6) is -1.64. The van der Waals surface area contributed by atoms with E-state index in [1.165, 1.54) is 0 Å². The molecule has 0 saturated carbocycles. The van der Waals surface area contributed by atoms with Crippen molar-refractivity contribution in [2.75, 3.05) is 0 Å². The molecule has 2 rings (SSSR count). The summed E-state index contributed by atoms with van der Waals surface area (Å²) in [6.07, 6.45) is -1.12. The van der Waals surface area contributed by atoms with Crippen LogP contribution >= 0.6 is 0 Å². The molecule has 0 fully saturated rings. The number of Topliss-reactive ketones (excluding diaryl/α,β-unsaturated/α-hetero) is 1. The number of esters is 1. The summed E-state index contributed by atoms with van der Waals surface area (Å²) in [6, 6.07) is 0. The fourth-order valence-electron chi connectivity index (χ4n) is 1.80. The highest BCUT2D eigenvalue weighted by molar-refractivity contribution is 6.51. The van der Waals surface area contributed by atoms with E-state index in [0.29, 0.717) is 0 Å². The fourth-order valence-corrected chi connectivity index (χ4v) is 1.80. The van der Waals surface area contributed by atoms with Crippen molar-refractivity contribution in [1.29, 1.82) is 5.41 Å². The fraction of sp³-hybridized carbons (Fsp3) is 0.100. The highest BCUT2D eigenvalue weighted by Gasteiger charge is 2.38. The van der Waals surface area contributed by atoms with Gasteiger partial charge in [-0.25, -0.2) is 4.79 Å². The first kappa shape index (κ1) is 12.6. The van der Waals surface area contributed by atoms with Crippen LogP contribution in [0, 0.1) is 5.41 Å². The average molecular weight is 264 g/mol. The maximum atomic E-state index is 11.7. The second-order valence-electron chi connectivity index (χ2n) is 3.98. The summed E-state index contributed by atoms with van der Waals surface area (Å²) < 4.78 is 4.71. The van der Waals surface area contributed by atoms with Gasteiger partial charge in [-0.1, -0.05) is 0 Å². The molecule has 0 aromatic heterocycles. The predicted octanol–water partition coefficient (Wildman–Crippen LogP) is -3.01. The van der Waals surface area contributed by atoms with Gasteiger partial charge in [0.05, 0.1) is 22.7 Å². The predicted molar refractivity (Wildman–Crippen MR) is 64.6 cm³/mol. The van der Waals surface area contributed by atoms with Crippen LogP contribution in [-0.2, 0) is 14.3 Å². The van der Waals surface area contributed by atoms with Crippen molar-refractivity contribution in [3.8, 4) is 0 Å². The van der Waals surface area contributed by atoms with E-state index in [-0.39, 0.29) is 33.9 Å². The molecule has 0 radical (unpaired) electrons. The van der Waals surface area contributed by atoms with Crippen LogP contribution in [0.5, 0.6) is 0 Å². The summed E-state index contributed by atoms with van der Waals surface area (Å²) in [5.41, 5.74) is 26.1. The van der Waals surface area contributed by atoms with Crippen LogP contribution in [0.2, 0.25) is 0 Å². The van der Waals surface area contributed by atoms with Gasteiger partial charge in [-0.15, -0.1) is 0 Å². The monoisotopic (exact) mass is 264 g/mol. The topological polar surface area (TPSA) is 197 Å². The molecule has 0 amide bonds. The number of cyclic esters (lactones) is 1. The molecule has 0 aromatic carbocycles. The molecule has 1 heterocycles. The second-order valence-corrected chi connectivity index (χ2v) is 3.98. The zero-order chi connectivity index (χ0) is 14.5. The number of nitrogens with two attached hydrogens (primary N) is 5. The Bertz CT molecular complexity index is 627. The van der Waals surface area contributed by atoms with Crippen LogP contribution in [0.15, 0.2) is 33.9 Å². The normalized spacial score (nSPS) is 24.5. The molecule has 100 valence electrons. The second kappa shape index (κ2) is 3.85. The Hall–Kier alpha value is -2.81. The van der Waals surface area contributed by atoms with Crippen molar-refractivity contribution in [1.82, 2.24) is 0 Å². The van der Waals surface area contributed by atoms with Crippen molar-refractivity contribution >= 4 is 17.5 Å². The van der Waals surface area contributed by atoms with E-state index in [4.69, 9.17) is 38.8 Å². The van der Waals surface area contributed by atoms with Crippen LogP contribution in [-0.4, -0.2) is 23.7 Å². The van der Waals surface area contributed by atoms with Crippen LogP contribution in [0.1, 0.15) is 0 Å². The molecule has 2 aliphatic rings. The van der Waals surface area contributed by atoms with Gasteiger partial charge in [0.1, 0.15) is 11.4 Å². The van der Waals surface area contributed by atoms with Crippen LogP contribution in [0.25, 0.3) is 0 Å². The molecule has 0 spiro atoms. The number of carbonyl (C=O) groups is 2. The highest BCUT2D eigenvalue weighted by atomic mass is 16.6. The Morgan fingerprint density at radius 3 is 2.00 bits per heavy atom.